The van der Waals surface area contributed by atoms with Gasteiger partial charge in [0.25, 0.3) is 0 Å². The maximum absolute atomic E-state index is 9.56. The summed E-state index contributed by atoms with van der Waals surface area (Å²) in [6.45, 7) is 0. The van der Waals surface area contributed by atoms with Gasteiger partial charge in [-0.3, -0.25) is 0 Å². The van der Waals surface area contributed by atoms with Crippen LogP contribution in [0.2, 0.25) is 0 Å². The van der Waals surface area contributed by atoms with Crippen LogP contribution in [0.3, 0.4) is 0 Å². The number of carbonyl (C=O) groups excluding carboxylic acids is 2. The molecule has 12 heavy (non-hydrogen) atoms. The van der Waals surface area contributed by atoms with Crippen molar-refractivity contribution in [1.29, 1.82) is 0 Å². The Kier molecular flexibility index (Phi) is 108. The first-order chi connectivity index (χ1) is 3.41. The number of rotatable bonds is 4. The van der Waals surface area contributed by atoms with Crippen molar-refractivity contribution in [3.8, 4) is 0 Å². The summed E-state index contributed by atoms with van der Waals surface area (Å²) in [6.07, 6.45) is 3.37. The smallest absolute Gasteiger partial charge is 0.120 e. The molecule has 0 heterocycles. The SMILES string of the molecule is O=CCCCC=O.[Na].[Na].[Na].[Na].[Na]. The maximum Gasteiger partial charge on any atom is 0.120 e. The van der Waals surface area contributed by atoms with Crippen molar-refractivity contribution in [2.24, 2.45) is 0 Å². The Morgan fingerprint density at radius 2 is 0.917 bits per heavy atom. The molecule has 0 N–H and O–H groups in total. The van der Waals surface area contributed by atoms with E-state index < -0.39 is 0 Å². The van der Waals surface area contributed by atoms with E-state index >= 15 is 0 Å². The zero-order chi connectivity index (χ0) is 5.54. The summed E-state index contributed by atoms with van der Waals surface area (Å²) in [5, 5.41) is 0. The monoisotopic (exact) mass is 215 g/mol. The Morgan fingerprint density at radius 3 is 1.08 bits per heavy atom. The van der Waals surface area contributed by atoms with Crippen molar-refractivity contribution in [2.75, 3.05) is 0 Å². The number of hydrogen-bond donors (Lipinski definition) is 0. The third-order valence-electron chi connectivity index (χ3n) is 0.644. The first kappa shape index (κ1) is 36.0. The Morgan fingerprint density at radius 1 is 0.667 bits per heavy atom. The van der Waals surface area contributed by atoms with Crippen molar-refractivity contribution in [3.05, 3.63) is 0 Å². The zero-order valence-corrected chi connectivity index (χ0v) is 19.1. The second kappa shape index (κ2) is 36.2. The molecule has 0 aromatic carbocycles. The van der Waals surface area contributed by atoms with Crippen LogP contribution < -0.4 is 0 Å². The van der Waals surface area contributed by atoms with Crippen LogP contribution in [-0.4, -0.2) is 160 Å². The Labute approximate surface area is 185 Å². The summed E-state index contributed by atoms with van der Waals surface area (Å²) in [4.78, 5) is 19.1. The molecule has 0 aromatic heterocycles. The molecule has 0 aliphatic heterocycles. The van der Waals surface area contributed by atoms with Gasteiger partial charge in [0, 0.05) is 161 Å². The first-order valence-corrected chi connectivity index (χ1v) is 2.29. The standard InChI is InChI=1S/C5H8O2.5Na/c6-4-2-1-3-5-7;;;;;/h4-5H,1-3H2;;;;;. The Balaban J connectivity index is -0.0000000180. The summed E-state index contributed by atoms with van der Waals surface area (Å²) in [5.74, 6) is 0. The van der Waals surface area contributed by atoms with Gasteiger partial charge in [-0.1, -0.05) is 0 Å². The second-order valence-electron chi connectivity index (χ2n) is 1.26. The van der Waals surface area contributed by atoms with Gasteiger partial charge >= 0.3 is 0 Å². The van der Waals surface area contributed by atoms with Gasteiger partial charge in [0.05, 0.1) is 0 Å². The van der Waals surface area contributed by atoms with Crippen LogP contribution >= 0.6 is 0 Å². The topological polar surface area (TPSA) is 34.1 Å². The zero-order valence-electron chi connectivity index (χ0n) is 9.09. The first-order valence-electron chi connectivity index (χ1n) is 2.29. The third kappa shape index (κ3) is 36.7. The summed E-state index contributed by atoms with van der Waals surface area (Å²) < 4.78 is 0. The van der Waals surface area contributed by atoms with E-state index in [0.717, 1.165) is 12.6 Å². The van der Waals surface area contributed by atoms with Crippen LogP contribution in [0.15, 0.2) is 0 Å². The van der Waals surface area contributed by atoms with Crippen molar-refractivity contribution in [3.63, 3.8) is 0 Å². The number of carbonyl (C=O) groups is 2. The van der Waals surface area contributed by atoms with Gasteiger partial charge in [0.15, 0.2) is 0 Å². The van der Waals surface area contributed by atoms with E-state index in [9.17, 15) is 9.59 Å². The minimum atomic E-state index is 0. The van der Waals surface area contributed by atoms with E-state index in [1.54, 1.807) is 0 Å². The molecule has 2 nitrogen and oxygen atoms in total. The molecule has 0 aliphatic carbocycles. The van der Waals surface area contributed by atoms with E-state index in [1.165, 1.54) is 0 Å². The van der Waals surface area contributed by atoms with Gasteiger partial charge in [0.2, 0.25) is 0 Å². The molecule has 5 radical (unpaired) electrons. The van der Waals surface area contributed by atoms with Crippen LogP contribution in [-0.2, 0) is 9.59 Å². The molecule has 0 aliphatic rings. The summed E-state index contributed by atoms with van der Waals surface area (Å²) in [7, 11) is 0. The molecule has 0 atom stereocenters. The van der Waals surface area contributed by atoms with E-state index in [0.29, 0.717) is 19.3 Å². The molecular weight excluding hydrogens is 207 g/mol. The summed E-state index contributed by atoms with van der Waals surface area (Å²) >= 11 is 0. The fourth-order valence-electron chi connectivity index (χ4n) is 0.285. The molecule has 7 heteroatoms. The molecule has 0 fully saturated rings. The van der Waals surface area contributed by atoms with Crippen LogP contribution in [0.25, 0.3) is 0 Å². The molecular formula is C5H8Na5O2. The van der Waals surface area contributed by atoms with E-state index in [1.807, 2.05) is 0 Å². The van der Waals surface area contributed by atoms with Crippen LogP contribution in [0.4, 0.5) is 0 Å². The normalized spacial score (nSPS) is 4.67. The predicted octanol–water partition coefficient (Wildman–Crippen LogP) is -1.35. The van der Waals surface area contributed by atoms with Gasteiger partial charge in [-0.2, -0.15) is 0 Å². The predicted molar refractivity (Wildman–Crippen MR) is 54.7 cm³/mol. The molecule has 0 unspecified atom stereocenters. The molecule has 0 aromatic rings. The quantitative estimate of drug-likeness (QED) is 0.330. The molecule has 0 spiro atoms. The van der Waals surface area contributed by atoms with E-state index in [2.05, 4.69) is 0 Å². The number of unbranched alkanes of at least 4 members (excludes halogenated alkanes) is 2. The maximum atomic E-state index is 9.56. The average molecular weight is 215 g/mol. The fourth-order valence-corrected chi connectivity index (χ4v) is 0.285. The second-order valence-corrected chi connectivity index (χ2v) is 1.26. The minimum Gasteiger partial charge on any atom is -0.303 e. The third-order valence-corrected chi connectivity index (χ3v) is 0.644. The molecule has 0 saturated heterocycles. The molecule has 0 rings (SSSR count). The minimum absolute atomic E-state index is 0. The van der Waals surface area contributed by atoms with Crippen LogP contribution in [0.1, 0.15) is 19.3 Å². The summed E-state index contributed by atoms with van der Waals surface area (Å²) in [5.41, 5.74) is 0. The summed E-state index contributed by atoms with van der Waals surface area (Å²) in [6, 6.07) is 0. The van der Waals surface area contributed by atoms with Gasteiger partial charge in [-0.05, 0) is 6.42 Å². The van der Waals surface area contributed by atoms with Gasteiger partial charge in [0.1, 0.15) is 12.6 Å². The average Bonchev–Trinajstić information content (AvgIpc) is 1.69. The van der Waals surface area contributed by atoms with Crippen LogP contribution in [0.5, 0.6) is 0 Å². The number of aldehydes is 2. The van der Waals surface area contributed by atoms with Crippen molar-refractivity contribution in [1.82, 2.24) is 0 Å². The molecule has 0 amide bonds. The largest absolute Gasteiger partial charge is 0.303 e. The Hall–Kier alpha value is 4.34. The van der Waals surface area contributed by atoms with E-state index in [-0.39, 0.29) is 148 Å². The van der Waals surface area contributed by atoms with Gasteiger partial charge < -0.3 is 9.59 Å². The molecule has 0 saturated carbocycles. The Bertz CT molecular complexity index is 62.9. The van der Waals surface area contributed by atoms with Crippen LogP contribution in [0, 0.1) is 0 Å². The fraction of sp³-hybridized carbons (Fsp3) is 0.600. The van der Waals surface area contributed by atoms with E-state index in [4.69, 9.17) is 0 Å². The molecule has 45 valence electrons. The van der Waals surface area contributed by atoms with Crippen molar-refractivity contribution in [2.45, 2.75) is 19.3 Å². The van der Waals surface area contributed by atoms with Crippen molar-refractivity contribution >= 4 is 160 Å². The van der Waals surface area contributed by atoms with Crippen molar-refractivity contribution < 1.29 is 9.59 Å². The van der Waals surface area contributed by atoms with Gasteiger partial charge in [-0.15, -0.1) is 0 Å². The van der Waals surface area contributed by atoms with Gasteiger partial charge in [-0.25, -0.2) is 0 Å². The molecule has 0 bridgehead atoms. The number of hydrogen-bond acceptors (Lipinski definition) is 2.